The van der Waals surface area contributed by atoms with E-state index in [1.54, 1.807) is 0 Å². The first-order chi connectivity index (χ1) is 6.88. The van der Waals surface area contributed by atoms with E-state index in [0.29, 0.717) is 0 Å². The van der Waals surface area contributed by atoms with Gasteiger partial charge >= 0.3 is 0 Å². The van der Waals surface area contributed by atoms with Crippen molar-refractivity contribution in [2.45, 2.75) is 4.90 Å². The maximum atomic E-state index is 11.1. The second-order valence-electron chi connectivity index (χ2n) is 2.70. The average Bonchev–Trinajstić information content (AvgIpc) is 2.15. The fraction of sp³-hybridized carbons (Fsp3) is 0.143. The monoisotopic (exact) mass is 231 g/mol. The Hall–Kier alpha value is -1.67. The molecule has 0 saturated carbocycles. The van der Waals surface area contributed by atoms with Crippen molar-refractivity contribution >= 4 is 21.4 Å². The van der Waals surface area contributed by atoms with Crippen molar-refractivity contribution in [2.75, 3.05) is 12.4 Å². The molecule has 1 aromatic carbocycles. The lowest BCUT2D eigenvalue weighted by Gasteiger charge is -2.06. The van der Waals surface area contributed by atoms with Crippen molar-refractivity contribution in [3.63, 3.8) is 0 Å². The Labute approximate surface area is 86.1 Å². The summed E-state index contributed by atoms with van der Waals surface area (Å²) in [5.41, 5.74) is -0.436. The summed E-state index contributed by atoms with van der Waals surface area (Å²) in [6, 6.07) is 3.66. The van der Waals surface area contributed by atoms with E-state index in [1.807, 2.05) is 0 Å². The molecule has 0 aromatic heterocycles. The van der Waals surface area contributed by atoms with Crippen molar-refractivity contribution < 1.29 is 13.3 Å². The lowest BCUT2D eigenvalue weighted by atomic mass is 10.3. The number of nitro groups is 1. The van der Waals surface area contributed by atoms with Crippen molar-refractivity contribution in [1.29, 1.82) is 0 Å². The summed E-state index contributed by atoms with van der Waals surface area (Å²) in [5.74, 6) is 0. The Bertz CT molecular complexity index is 497. The summed E-state index contributed by atoms with van der Waals surface area (Å²) in [5, 5.41) is 18.0. The van der Waals surface area contributed by atoms with Crippen molar-refractivity contribution in [3.8, 4) is 0 Å². The van der Waals surface area contributed by atoms with Crippen LogP contribution in [0, 0.1) is 10.1 Å². The summed E-state index contributed by atoms with van der Waals surface area (Å²) < 4.78 is 22.2. The van der Waals surface area contributed by atoms with Gasteiger partial charge in [0.2, 0.25) is 10.0 Å². The first-order valence-electron chi connectivity index (χ1n) is 3.86. The molecule has 0 spiro atoms. The Morgan fingerprint density at radius 3 is 2.47 bits per heavy atom. The molecule has 1 aromatic rings. The molecule has 3 N–H and O–H groups in total. The topological polar surface area (TPSA) is 115 Å². The number of sulfonamides is 1. The van der Waals surface area contributed by atoms with Crippen LogP contribution in [-0.2, 0) is 10.0 Å². The van der Waals surface area contributed by atoms with Crippen LogP contribution >= 0.6 is 0 Å². The van der Waals surface area contributed by atoms with E-state index >= 15 is 0 Å². The number of nitrogens with two attached hydrogens (primary N) is 1. The molecule has 0 saturated heterocycles. The summed E-state index contributed by atoms with van der Waals surface area (Å²) in [7, 11) is -2.58. The SMILES string of the molecule is CNc1c([N+](=O)[O-])cccc1S(N)(=O)=O. The van der Waals surface area contributed by atoms with E-state index in [1.165, 1.54) is 25.2 Å². The molecule has 0 amide bonds. The number of hydrogen-bond acceptors (Lipinski definition) is 5. The van der Waals surface area contributed by atoms with Gasteiger partial charge in [0.15, 0.2) is 0 Å². The van der Waals surface area contributed by atoms with E-state index in [-0.39, 0.29) is 16.3 Å². The minimum atomic E-state index is -3.97. The fourth-order valence-corrected chi connectivity index (χ4v) is 1.92. The van der Waals surface area contributed by atoms with Gasteiger partial charge < -0.3 is 5.32 Å². The largest absolute Gasteiger partial charge is 0.381 e. The molecule has 0 atom stereocenters. The third-order valence-electron chi connectivity index (χ3n) is 1.76. The number of nitrogens with one attached hydrogen (secondary N) is 1. The van der Waals surface area contributed by atoms with E-state index in [2.05, 4.69) is 5.32 Å². The summed E-state index contributed by atoms with van der Waals surface area (Å²) in [6.45, 7) is 0. The van der Waals surface area contributed by atoms with Crippen LogP contribution in [0.1, 0.15) is 0 Å². The molecule has 0 aliphatic carbocycles. The maximum absolute atomic E-state index is 11.1. The molecule has 0 unspecified atom stereocenters. The summed E-state index contributed by atoms with van der Waals surface area (Å²) >= 11 is 0. The summed E-state index contributed by atoms with van der Waals surface area (Å²) in [6.07, 6.45) is 0. The zero-order valence-electron chi connectivity index (χ0n) is 7.80. The van der Waals surface area contributed by atoms with Gasteiger partial charge in [-0.15, -0.1) is 0 Å². The van der Waals surface area contributed by atoms with E-state index in [0.717, 1.165) is 0 Å². The van der Waals surface area contributed by atoms with Gasteiger partial charge in [-0.1, -0.05) is 6.07 Å². The molecule has 0 radical (unpaired) electrons. The standard InChI is InChI=1S/C7H9N3O4S/c1-9-7-5(10(11)12)3-2-4-6(7)15(8,13)14/h2-4,9H,1H3,(H2,8,13,14). The van der Waals surface area contributed by atoms with E-state index < -0.39 is 14.9 Å². The smallest absolute Gasteiger partial charge is 0.293 e. The predicted molar refractivity (Wildman–Crippen MR) is 54.0 cm³/mol. The van der Waals surface area contributed by atoms with Gasteiger partial charge in [0.25, 0.3) is 5.69 Å². The molecule has 8 heteroatoms. The molecule has 7 nitrogen and oxygen atoms in total. The molecular formula is C7H9N3O4S. The van der Waals surface area contributed by atoms with E-state index in [9.17, 15) is 18.5 Å². The lowest BCUT2D eigenvalue weighted by molar-refractivity contribution is -0.384. The highest BCUT2D eigenvalue weighted by Crippen LogP contribution is 2.29. The van der Waals surface area contributed by atoms with Gasteiger partial charge in [0.1, 0.15) is 10.6 Å². The number of anilines is 1. The van der Waals surface area contributed by atoms with Crippen LogP contribution in [0.2, 0.25) is 0 Å². The number of benzene rings is 1. The Morgan fingerprint density at radius 1 is 1.47 bits per heavy atom. The van der Waals surface area contributed by atoms with Crippen LogP contribution in [0.15, 0.2) is 23.1 Å². The van der Waals surface area contributed by atoms with Gasteiger partial charge in [-0.3, -0.25) is 10.1 Å². The molecule has 0 bridgehead atoms. The minimum Gasteiger partial charge on any atom is -0.381 e. The van der Waals surface area contributed by atoms with Crippen molar-refractivity contribution in [2.24, 2.45) is 5.14 Å². The quantitative estimate of drug-likeness (QED) is 0.572. The van der Waals surface area contributed by atoms with Crippen LogP contribution in [0.25, 0.3) is 0 Å². The first kappa shape index (κ1) is 11.4. The lowest BCUT2D eigenvalue weighted by Crippen LogP contribution is -2.15. The highest BCUT2D eigenvalue weighted by molar-refractivity contribution is 7.89. The predicted octanol–water partition coefficient (Wildman–Crippen LogP) is 0.284. The molecule has 15 heavy (non-hydrogen) atoms. The third-order valence-corrected chi connectivity index (χ3v) is 2.71. The highest BCUT2D eigenvalue weighted by atomic mass is 32.2. The molecule has 1 rings (SSSR count). The van der Waals surface area contributed by atoms with Crippen LogP contribution in [0.3, 0.4) is 0 Å². The van der Waals surface area contributed by atoms with Gasteiger partial charge in [-0.25, -0.2) is 13.6 Å². The summed E-state index contributed by atoms with van der Waals surface area (Å²) in [4.78, 5) is 9.62. The number of nitrogens with zero attached hydrogens (tertiary/aromatic N) is 1. The van der Waals surface area contributed by atoms with Crippen LogP contribution in [0.4, 0.5) is 11.4 Å². The second kappa shape index (κ2) is 3.83. The van der Waals surface area contributed by atoms with Crippen LogP contribution in [0.5, 0.6) is 0 Å². The zero-order valence-corrected chi connectivity index (χ0v) is 8.61. The Balaban J connectivity index is 3.56. The average molecular weight is 231 g/mol. The van der Waals surface area contributed by atoms with Crippen LogP contribution < -0.4 is 10.5 Å². The number of nitro benzene ring substituents is 1. The second-order valence-corrected chi connectivity index (χ2v) is 4.23. The molecule has 0 aliphatic rings. The Kier molecular flexibility index (Phi) is 2.91. The van der Waals surface area contributed by atoms with Gasteiger partial charge in [-0.2, -0.15) is 0 Å². The molecule has 0 heterocycles. The third kappa shape index (κ3) is 2.22. The van der Waals surface area contributed by atoms with Gasteiger partial charge in [0.05, 0.1) is 4.92 Å². The van der Waals surface area contributed by atoms with Crippen molar-refractivity contribution in [3.05, 3.63) is 28.3 Å². The number of primary sulfonamides is 1. The number of para-hydroxylation sites is 1. The molecule has 0 aliphatic heterocycles. The fourth-order valence-electron chi connectivity index (χ4n) is 1.16. The number of hydrogen-bond donors (Lipinski definition) is 2. The normalized spacial score (nSPS) is 11.1. The van der Waals surface area contributed by atoms with Crippen molar-refractivity contribution in [1.82, 2.24) is 0 Å². The number of rotatable bonds is 3. The minimum absolute atomic E-state index is 0.106. The molecule has 82 valence electrons. The first-order valence-corrected chi connectivity index (χ1v) is 5.40. The van der Waals surface area contributed by atoms with E-state index in [4.69, 9.17) is 5.14 Å². The zero-order chi connectivity index (χ0) is 11.6. The highest BCUT2D eigenvalue weighted by Gasteiger charge is 2.21. The van der Waals surface area contributed by atoms with Gasteiger partial charge in [0, 0.05) is 13.1 Å². The van der Waals surface area contributed by atoms with Crippen LogP contribution in [-0.4, -0.2) is 20.4 Å². The molecule has 0 fully saturated rings. The maximum Gasteiger partial charge on any atom is 0.293 e. The Morgan fingerprint density at radius 2 is 2.07 bits per heavy atom. The van der Waals surface area contributed by atoms with Gasteiger partial charge in [-0.05, 0) is 6.07 Å². The molecular weight excluding hydrogens is 222 g/mol.